The van der Waals surface area contributed by atoms with Crippen LogP contribution in [0.4, 0.5) is 0 Å². The van der Waals surface area contributed by atoms with Crippen LogP contribution in [0.15, 0.2) is 146 Å². The third kappa shape index (κ3) is 14.2. The van der Waals surface area contributed by atoms with Gasteiger partial charge in [0.15, 0.2) is 0 Å². The third-order valence-electron chi connectivity index (χ3n) is 9.95. The normalized spacial score (nSPS) is 11.2. The van der Waals surface area contributed by atoms with E-state index in [0.717, 1.165) is 47.8 Å². The average molecular weight is 1140 g/mol. The molecule has 0 aliphatic heterocycles. The zero-order chi connectivity index (χ0) is 41.9. The summed E-state index contributed by atoms with van der Waals surface area (Å²) in [7, 11) is 0. The number of hydrogen-bond donors (Lipinski definition) is 0. The van der Waals surface area contributed by atoms with Crippen molar-refractivity contribution in [3.8, 4) is 0 Å². The molecule has 58 heavy (non-hydrogen) atoms. The molecule has 8 aromatic rings. The zero-order valence-electron chi connectivity index (χ0n) is 37.1. The molecule has 0 saturated heterocycles. The first-order valence-corrected chi connectivity index (χ1v) is 24.7. The van der Waals surface area contributed by atoms with Crippen molar-refractivity contribution in [2.24, 2.45) is 0 Å². The van der Waals surface area contributed by atoms with Crippen molar-refractivity contribution >= 4 is 76.4 Å². The van der Waals surface area contributed by atoms with Gasteiger partial charge in [-0.3, -0.25) is 0 Å². The molecule has 0 radical (unpaired) electrons. The predicted octanol–water partition coefficient (Wildman–Crippen LogP) is 16.2. The Morgan fingerprint density at radius 3 is 0.621 bits per heavy atom. The van der Waals surface area contributed by atoms with Crippen LogP contribution in [0.25, 0.3) is 43.1 Å². The van der Waals surface area contributed by atoms with E-state index in [0.29, 0.717) is 0 Å². The summed E-state index contributed by atoms with van der Waals surface area (Å²) in [4.78, 5) is 0. The second kappa shape index (κ2) is 23.4. The van der Waals surface area contributed by atoms with Gasteiger partial charge in [0.05, 0.1) is 0 Å². The maximum absolute atomic E-state index is 3.39. The summed E-state index contributed by atoms with van der Waals surface area (Å²) in [6.07, 6.45) is 0. The third-order valence-corrected chi connectivity index (χ3v) is 9.95. The van der Waals surface area contributed by atoms with Gasteiger partial charge >= 0.3 is 56.3 Å². The summed E-state index contributed by atoms with van der Waals surface area (Å²) in [5, 5.41) is 11.0. The molecule has 0 amide bonds. The Labute approximate surface area is 393 Å². The van der Waals surface area contributed by atoms with Crippen LogP contribution in [-0.4, -0.2) is 8.52 Å². The van der Waals surface area contributed by atoms with Crippen LogP contribution in [0.2, 0.25) is 0 Å². The second-order valence-corrected chi connectivity index (χ2v) is 18.3. The monoisotopic (exact) mass is 1140 g/mol. The van der Waals surface area contributed by atoms with Crippen molar-refractivity contribution in [1.82, 2.24) is 0 Å². The molecule has 0 aliphatic rings. The SMILES string of the molecule is CC(C)(C)c1c[cH-]c2ccccc12.CC(C)(C)c1c[cH-]c2ccccc12.CC(C)(C)c1c[cH-]c2ccccc12.CC(C)(C)c1c[cH-]c2ccccc12.Cl.Cl.[CH2]=[Hf+2].[CH2]=[Hf+2]. The van der Waals surface area contributed by atoms with Gasteiger partial charge in [0, 0.05) is 0 Å². The molecule has 0 aromatic heterocycles. The first-order chi connectivity index (χ1) is 26.4. The quantitative estimate of drug-likeness (QED) is 0.105. The maximum atomic E-state index is 3.39. The molecule has 0 aliphatic carbocycles. The van der Waals surface area contributed by atoms with Crippen molar-refractivity contribution in [2.45, 2.75) is 105 Å². The summed E-state index contributed by atoms with van der Waals surface area (Å²) in [5.74, 6) is 0. The van der Waals surface area contributed by atoms with Gasteiger partial charge in [-0.2, -0.15) is 0 Å². The summed E-state index contributed by atoms with van der Waals surface area (Å²) >= 11 is 2.11. The number of benzene rings is 4. The summed E-state index contributed by atoms with van der Waals surface area (Å²) in [5.41, 5.74) is 6.80. The molecule has 304 valence electrons. The first kappa shape index (κ1) is 53.4. The molecule has 0 unspecified atom stereocenters. The van der Waals surface area contributed by atoms with Crippen molar-refractivity contribution in [1.29, 1.82) is 0 Å². The van der Waals surface area contributed by atoms with Crippen LogP contribution in [0.5, 0.6) is 0 Å². The van der Waals surface area contributed by atoms with Gasteiger partial charge < -0.3 is 0 Å². The molecule has 8 aromatic carbocycles. The van der Waals surface area contributed by atoms with Gasteiger partial charge in [-0.05, 0) is 0 Å². The van der Waals surface area contributed by atoms with E-state index in [1.807, 2.05) is 0 Å². The van der Waals surface area contributed by atoms with Crippen molar-refractivity contribution in [3.05, 3.63) is 168 Å². The van der Waals surface area contributed by atoms with Crippen molar-refractivity contribution < 1.29 is 47.8 Å². The second-order valence-electron chi connectivity index (χ2n) is 18.3. The molecular formula is C54H66Cl2Hf2. The summed E-state index contributed by atoms with van der Waals surface area (Å²) < 4.78 is 6.78. The van der Waals surface area contributed by atoms with E-state index in [2.05, 4.69) is 237 Å². The molecule has 0 saturated carbocycles. The van der Waals surface area contributed by atoms with Crippen LogP contribution < -0.4 is 0 Å². The van der Waals surface area contributed by atoms with E-state index >= 15 is 0 Å². The predicted molar refractivity (Wildman–Crippen MR) is 262 cm³/mol. The number of halogens is 2. The van der Waals surface area contributed by atoms with Gasteiger partial charge in [0.1, 0.15) is 0 Å². The number of rotatable bonds is 0. The molecule has 0 N–H and O–H groups in total. The van der Waals surface area contributed by atoms with Crippen molar-refractivity contribution in [2.75, 3.05) is 0 Å². The van der Waals surface area contributed by atoms with Gasteiger partial charge in [-0.15, -0.1) is 211 Å². The molecule has 0 heterocycles. The minimum atomic E-state index is 0. The number of fused-ring (bicyclic) bond motifs is 4. The first-order valence-electron chi connectivity index (χ1n) is 19.7. The molecule has 0 atom stereocenters. The Morgan fingerprint density at radius 2 is 0.466 bits per heavy atom. The molecule has 4 heteroatoms. The standard InChI is InChI=1S/4C13H15.2CH2.2ClH.2Hf/c4*1-13(2,3)12-9-8-10-6-4-5-7-11(10)12;;;;;;/h4*4-9H,1-3H3;2*1H2;2*1H;;/q4*-1;;;;;2*+2. The van der Waals surface area contributed by atoms with Gasteiger partial charge in [-0.25, -0.2) is 0 Å². The topological polar surface area (TPSA) is 0 Å². The summed E-state index contributed by atoms with van der Waals surface area (Å²) in [6.45, 7) is 27.1. The van der Waals surface area contributed by atoms with Gasteiger partial charge in [0.25, 0.3) is 0 Å². The Hall–Kier alpha value is -2.62. The van der Waals surface area contributed by atoms with Crippen LogP contribution in [0.3, 0.4) is 0 Å². The van der Waals surface area contributed by atoms with E-state index in [1.54, 1.807) is 0 Å². The van der Waals surface area contributed by atoms with E-state index in [1.165, 1.54) is 65.3 Å². The van der Waals surface area contributed by atoms with Crippen LogP contribution in [0, 0.1) is 0 Å². The Balaban J connectivity index is 0.000000371. The molecule has 8 rings (SSSR count). The minimum absolute atomic E-state index is 0. The molecular weight excluding hydrogens is 1080 g/mol. The van der Waals surface area contributed by atoms with Crippen LogP contribution in [0.1, 0.15) is 105 Å². The van der Waals surface area contributed by atoms with E-state index < -0.39 is 0 Å². The van der Waals surface area contributed by atoms with Crippen LogP contribution >= 0.6 is 24.8 Å². The Morgan fingerprint density at radius 1 is 0.310 bits per heavy atom. The fraction of sp³-hybridized carbons (Fsp3) is 0.296. The fourth-order valence-electron chi connectivity index (χ4n) is 7.22. The number of hydrogen-bond acceptors (Lipinski definition) is 0. The molecule has 0 bridgehead atoms. The Bertz CT molecular complexity index is 2050. The van der Waals surface area contributed by atoms with E-state index in [4.69, 9.17) is 0 Å². The van der Waals surface area contributed by atoms with E-state index in [9.17, 15) is 0 Å². The Kier molecular flexibility index (Phi) is 21.5. The van der Waals surface area contributed by atoms with Gasteiger partial charge in [0.2, 0.25) is 0 Å². The molecule has 0 fully saturated rings. The average Bonchev–Trinajstić information content (AvgIpc) is 3.97. The molecule has 0 nitrogen and oxygen atoms in total. The zero-order valence-corrected chi connectivity index (χ0v) is 45.9. The summed E-state index contributed by atoms with van der Waals surface area (Å²) in [6, 6.07) is 52.1. The molecule has 0 spiro atoms. The fourth-order valence-corrected chi connectivity index (χ4v) is 7.22. The van der Waals surface area contributed by atoms with Crippen molar-refractivity contribution in [3.63, 3.8) is 0 Å². The van der Waals surface area contributed by atoms with Gasteiger partial charge in [-0.1, -0.05) is 129 Å². The van der Waals surface area contributed by atoms with E-state index in [-0.39, 0.29) is 46.5 Å². The van der Waals surface area contributed by atoms with Crippen LogP contribution in [-0.2, 0) is 69.4 Å².